The van der Waals surface area contributed by atoms with Gasteiger partial charge < -0.3 is 9.80 Å². The SMILES string of the molecule is CCC(=O)c1ccc(N2CCN(CC(=O)N3CCN(C4CCCCC4)CC3)CC2)cc1. The average molecular weight is 427 g/mol. The van der Waals surface area contributed by atoms with Gasteiger partial charge >= 0.3 is 0 Å². The maximum atomic E-state index is 12.9. The lowest BCUT2D eigenvalue weighted by Crippen LogP contribution is -2.55. The summed E-state index contributed by atoms with van der Waals surface area (Å²) < 4.78 is 0. The molecule has 4 rings (SSSR count). The molecule has 6 nitrogen and oxygen atoms in total. The smallest absolute Gasteiger partial charge is 0.236 e. The van der Waals surface area contributed by atoms with Crippen LogP contribution in [-0.4, -0.2) is 91.3 Å². The third kappa shape index (κ3) is 5.66. The number of carbonyl (C=O) groups excluding carboxylic acids is 2. The summed E-state index contributed by atoms with van der Waals surface area (Å²) in [6, 6.07) is 8.73. The van der Waals surface area contributed by atoms with Crippen molar-refractivity contribution in [1.29, 1.82) is 0 Å². The Balaban J connectivity index is 1.19. The summed E-state index contributed by atoms with van der Waals surface area (Å²) in [5, 5.41) is 0. The number of Topliss-reactive ketones (excluding diaryl/α,β-unsaturated/α-hetero) is 1. The molecule has 0 bridgehead atoms. The fourth-order valence-corrected chi connectivity index (χ4v) is 5.30. The van der Waals surface area contributed by atoms with Gasteiger partial charge in [-0.25, -0.2) is 0 Å². The first-order chi connectivity index (χ1) is 15.1. The molecule has 0 spiro atoms. The molecule has 3 aliphatic rings. The molecule has 3 fully saturated rings. The van der Waals surface area contributed by atoms with Crippen LogP contribution in [-0.2, 0) is 4.79 Å². The third-order valence-corrected chi connectivity index (χ3v) is 7.36. The van der Waals surface area contributed by atoms with Crippen LogP contribution in [0.25, 0.3) is 0 Å². The summed E-state index contributed by atoms with van der Waals surface area (Å²) in [4.78, 5) is 34.0. The van der Waals surface area contributed by atoms with E-state index in [9.17, 15) is 9.59 Å². The van der Waals surface area contributed by atoms with Gasteiger partial charge in [0, 0.05) is 76.1 Å². The highest BCUT2D eigenvalue weighted by atomic mass is 16.2. The number of hydrogen-bond donors (Lipinski definition) is 0. The van der Waals surface area contributed by atoms with Gasteiger partial charge in [-0.05, 0) is 37.1 Å². The molecule has 2 saturated heterocycles. The second-order valence-electron chi connectivity index (χ2n) is 9.30. The molecule has 170 valence electrons. The maximum absolute atomic E-state index is 12.9. The maximum Gasteiger partial charge on any atom is 0.236 e. The number of piperazine rings is 2. The second-order valence-corrected chi connectivity index (χ2v) is 9.30. The Kier molecular flexibility index (Phi) is 7.62. The number of ketones is 1. The fraction of sp³-hybridized carbons (Fsp3) is 0.680. The van der Waals surface area contributed by atoms with Crippen LogP contribution in [0.3, 0.4) is 0 Å². The van der Waals surface area contributed by atoms with Gasteiger partial charge in [0.05, 0.1) is 6.54 Å². The Morgan fingerprint density at radius 2 is 1.48 bits per heavy atom. The van der Waals surface area contributed by atoms with Gasteiger partial charge in [0.25, 0.3) is 0 Å². The molecule has 2 aliphatic heterocycles. The number of anilines is 1. The second kappa shape index (κ2) is 10.6. The molecule has 1 aliphatic carbocycles. The first kappa shape index (κ1) is 22.3. The van der Waals surface area contributed by atoms with Gasteiger partial charge in [-0.2, -0.15) is 0 Å². The van der Waals surface area contributed by atoms with E-state index in [-0.39, 0.29) is 5.78 Å². The first-order valence-corrected chi connectivity index (χ1v) is 12.3. The van der Waals surface area contributed by atoms with E-state index in [0.29, 0.717) is 18.9 Å². The number of rotatable bonds is 6. The molecule has 0 aromatic heterocycles. The predicted octanol–water partition coefficient (Wildman–Crippen LogP) is 2.88. The lowest BCUT2D eigenvalue weighted by molar-refractivity contribution is -0.134. The molecule has 0 atom stereocenters. The minimum Gasteiger partial charge on any atom is -0.369 e. The zero-order chi connectivity index (χ0) is 21.6. The van der Waals surface area contributed by atoms with Crippen molar-refractivity contribution in [2.45, 2.75) is 51.5 Å². The minimum absolute atomic E-state index is 0.189. The Morgan fingerprint density at radius 1 is 0.839 bits per heavy atom. The molecule has 1 aromatic carbocycles. The molecule has 0 N–H and O–H groups in total. The zero-order valence-corrected chi connectivity index (χ0v) is 19.1. The highest BCUT2D eigenvalue weighted by Gasteiger charge is 2.28. The molecule has 0 unspecified atom stereocenters. The van der Waals surface area contributed by atoms with Crippen molar-refractivity contribution >= 4 is 17.4 Å². The third-order valence-electron chi connectivity index (χ3n) is 7.36. The van der Waals surface area contributed by atoms with Crippen molar-refractivity contribution in [3.05, 3.63) is 29.8 Å². The van der Waals surface area contributed by atoms with Crippen LogP contribution in [0.5, 0.6) is 0 Å². The largest absolute Gasteiger partial charge is 0.369 e. The van der Waals surface area contributed by atoms with E-state index in [2.05, 4.69) is 31.7 Å². The number of hydrogen-bond acceptors (Lipinski definition) is 5. The number of nitrogens with zero attached hydrogens (tertiary/aromatic N) is 4. The zero-order valence-electron chi connectivity index (χ0n) is 19.1. The fourth-order valence-electron chi connectivity index (χ4n) is 5.30. The lowest BCUT2D eigenvalue weighted by Gasteiger charge is -2.41. The van der Waals surface area contributed by atoms with Crippen LogP contribution in [0.1, 0.15) is 55.8 Å². The Labute approximate surface area is 187 Å². The van der Waals surface area contributed by atoms with Crippen LogP contribution in [0, 0.1) is 0 Å². The van der Waals surface area contributed by atoms with E-state index < -0.39 is 0 Å². The molecule has 1 saturated carbocycles. The van der Waals surface area contributed by atoms with E-state index >= 15 is 0 Å². The van der Waals surface area contributed by atoms with Gasteiger partial charge in [-0.3, -0.25) is 19.4 Å². The van der Waals surface area contributed by atoms with Crippen LogP contribution in [0.2, 0.25) is 0 Å². The van der Waals surface area contributed by atoms with Gasteiger partial charge in [0.2, 0.25) is 5.91 Å². The Morgan fingerprint density at radius 3 is 2.10 bits per heavy atom. The van der Waals surface area contributed by atoms with Crippen LogP contribution in [0.4, 0.5) is 5.69 Å². The quantitative estimate of drug-likeness (QED) is 0.655. The summed E-state index contributed by atoms with van der Waals surface area (Å²) >= 11 is 0. The monoisotopic (exact) mass is 426 g/mol. The first-order valence-electron chi connectivity index (χ1n) is 12.3. The van der Waals surface area contributed by atoms with Crippen molar-refractivity contribution in [2.75, 3.05) is 63.8 Å². The van der Waals surface area contributed by atoms with E-state index in [4.69, 9.17) is 0 Å². The normalized spacial score (nSPS) is 22.0. The average Bonchev–Trinajstić information content (AvgIpc) is 2.85. The van der Waals surface area contributed by atoms with Crippen molar-refractivity contribution in [3.63, 3.8) is 0 Å². The highest BCUT2D eigenvalue weighted by Crippen LogP contribution is 2.23. The molecule has 1 amide bonds. The highest BCUT2D eigenvalue weighted by molar-refractivity contribution is 5.96. The van der Waals surface area contributed by atoms with Gasteiger partial charge in [0.1, 0.15) is 0 Å². The molecular formula is C25H38N4O2. The summed E-state index contributed by atoms with van der Waals surface area (Å²) in [7, 11) is 0. The van der Waals surface area contributed by atoms with Crippen molar-refractivity contribution < 1.29 is 9.59 Å². The summed E-state index contributed by atoms with van der Waals surface area (Å²) in [6.45, 7) is 9.95. The van der Waals surface area contributed by atoms with Gasteiger partial charge in [-0.15, -0.1) is 0 Å². The van der Waals surface area contributed by atoms with Gasteiger partial charge in [0.15, 0.2) is 5.78 Å². The molecule has 2 heterocycles. The van der Waals surface area contributed by atoms with Crippen LogP contribution >= 0.6 is 0 Å². The van der Waals surface area contributed by atoms with Crippen LogP contribution < -0.4 is 4.90 Å². The van der Waals surface area contributed by atoms with Crippen LogP contribution in [0.15, 0.2) is 24.3 Å². The molecule has 1 aromatic rings. The molecule has 6 heteroatoms. The van der Waals surface area contributed by atoms with E-state index in [1.807, 2.05) is 19.1 Å². The van der Waals surface area contributed by atoms with E-state index in [1.54, 1.807) is 0 Å². The molecular weight excluding hydrogens is 388 g/mol. The standard InChI is InChI=1S/C25H38N4O2/c1-2-24(30)21-8-10-23(11-9-21)27-14-12-26(13-15-27)20-25(31)29-18-16-28(17-19-29)22-6-4-3-5-7-22/h8-11,22H,2-7,12-20H2,1H3. The molecule has 31 heavy (non-hydrogen) atoms. The topological polar surface area (TPSA) is 47.1 Å². The van der Waals surface area contributed by atoms with Gasteiger partial charge in [-0.1, -0.05) is 26.2 Å². The molecule has 0 radical (unpaired) electrons. The van der Waals surface area contributed by atoms with E-state index in [0.717, 1.165) is 69.7 Å². The summed E-state index contributed by atoms with van der Waals surface area (Å²) in [6.07, 6.45) is 7.37. The van der Waals surface area contributed by atoms with Crippen molar-refractivity contribution in [2.24, 2.45) is 0 Å². The van der Waals surface area contributed by atoms with Crippen molar-refractivity contribution in [3.8, 4) is 0 Å². The number of amides is 1. The number of benzene rings is 1. The minimum atomic E-state index is 0.189. The Bertz CT molecular complexity index is 728. The predicted molar refractivity (Wildman–Crippen MR) is 125 cm³/mol. The van der Waals surface area contributed by atoms with E-state index in [1.165, 1.54) is 32.1 Å². The Hall–Kier alpha value is -1.92. The summed E-state index contributed by atoms with van der Waals surface area (Å²) in [5.41, 5.74) is 1.96. The summed E-state index contributed by atoms with van der Waals surface area (Å²) in [5.74, 6) is 0.480. The number of carbonyl (C=O) groups is 2. The van der Waals surface area contributed by atoms with Crippen molar-refractivity contribution in [1.82, 2.24) is 14.7 Å². The lowest BCUT2D eigenvalue weighted by atomic mass is 9.94.